The van der Waals surface area contributed by atoms with Gasteiger partial charge in [0.1, 0.15) is 5.75 Å². The third-order valence-corrected chi connectivity index (χ3v) is 4.28. The van der Waals surface area contributed by atoms with Crippen LogP contribution >= 0.6 is 11.3 Å². The second-order valence-corrected chi connectivity index (χ2v) is 5.65. The van der Waals surface area contributed by atoms with Gasteiger partial charge < -0.3 is 14.6 Å². The molecule has 0 fully saturated rings. The van der Waals surface area contributed by atoms with Crippen LogP contribution in [-0.4, -0.2) is 29.1 Å². The molecule has 0 radical (unpaired) electrons. The second kappa shape index (κ2) is 5.97. The SMILES string of the molecule is COc1ccc2sc(C(=O)NCCn3ccnc3)cc2c1. The van der Waals surface area contributed by atoms with Gasteiger partial charge in [0, 0.05) is 30.2 Å². The lowest BCUT2D eigenvalue weighted by Crippen LogP contribution is -2.26. The molecule has 3 rings (SSSR count). The highest BCUT2D eigenvalue weighted by Gasteiger charge is 2.10. The molecule has 0 atom stereocenters. The number of ether oxygens (including phenoxy) is 1. The number of thiophene rings is 1. The molecule has 0 aliphatic rings. The highest BCUT2D eigenvalue weighted by Crippen LogP contribution is 2.28. The second-order valence-electron chi connectivity index (χ2n) is 4.57. The molecule has 0 saturated heterocycles. The Morgan fingerprint density at radius 3 is 3.10 bits per heavy atom. The monoisotopic (exact) mass is 301 g/mol. The van der Waals surface area contributed by atoms with Gasteiger partial charge in [-0.15, -0.1) is 11.3 Å². The molecule has 1 aromatic carbocycles. The van der Waals surface area contributed by atoms with Crippen molar-refractivity contribution in [2.75, 3.05) is 13.7 Å². The van der Waals surface area contributed by atoms with Gasteiger partial charge in [-0.25, -0.2) is 4.98 Å². The molecule has 21 heavy (non-hydrogen) atoms. The highest BCUT2D eigenvalue weighted by atomic mass is 32.1. The zero-order valence-electron chi connectivity index (χ0n) is 11.6. The number of carbonyl (C=O) groups is 1. The molecule has 0 aliphatic heterocycles. The number of imidazole rings is 1. The largest absolute Gasteiger partial charge is 0.497 e. The molecule has 0 spiro atoms. The molecule has 0 aliphatic carbocycles. The number of carbonyl (C=O) groups excluding carboxylic acids is 1. The third-order valence-electron chi connectivity index (χ3n) is 3.16. The summed E-state index contributed by atoms with van der Waals surface area (Å²) in [4.78, 5) is 16.8. The van der Waals surface area contributed by atoms with Crippen molar-refractivity contribution >= 4 is 27.3 Å². The number of fused-ring (bicyclic) bond motifs is 1. The minimum Gasteiger partial charge on any atom is -0.497 e. The Balaban J connectivity index is 1.66. The van der Waals surface area contributed by atoms with Gasteiger partial charge in [0.05, 0.1) is 18.3 Å². The van der Waals surface area contributed by atoms with Crippen LogP contribution in [0.25, 0.3) is 10.1 Å². The van der Waals surface area contributed by atoms with Gasteiger partial charge in [0.2, 0.25) is 0 Å². The van der Waals surface area contributed by atoms with Crippen LogP contribution in [0.15, 0.2) is 43.0 Å². The van der Waals surface area contributed by atoms with Crippen molar-refractivity contribution in [1.82, 2.24) is 14.9 Å². The summed E-state index contributed by atoms with van der Waals surface area (Å²) in [5.74, 6) is 0.752. The molecule has 2 aromatic heterocycles. The molecule has 0 saturated carbocycles. The first-order valence-corrected chi connectivity index (χ1v) is 7.39. The summed E-state index contributed by atoms with van der Waals surface area (Å²) < 4.78 is 8.20. The van der Waals surface area contributed by atoms with Crippen LogP contribution in [0.3, 0.4) is 0 Å². The molecule has 1 amide bonds. The maximum Gasteiger partial charge on any atom is 0.261 e. The molecule has 5 nitrogen and oxygen atoms in total. The summed E-state index contributed by atoms with van der Waals surface area (Å²) in [5, 5.41) is 3.95. The molecule has 2 heterocycles. The Morgan fingerprint density at radius 2 is 2.33 bits per heavy atom. The highest BCUT2D eigenvalue weighted by molar-refractivity contribution is 7.20. The zero-order chi connectivity index (χ0) is 14.7. The van der Waals surface area contributed by atoms with Crippen LogP contribution in [0.4, 0.5) is 0 Å². The number of benzene rings is 1. The molecular formula is C15H15N3O2S. The van der Waals surface area contributed by atoms with Gasteiger partial charge in [-0.1, -0.05) is 0 Å². The Bertz CT molecular complexity index is 749. The van der Waals surface area contributed by atoms with E-state index in [4.69, 9.17) is 4.74 Å². The van der Waals surface area contributed by atoms with Crippen molar-refractivity contribution in [3.05, 3.63) is 47.9 Å². The van der Waals surface area contributed by atoms with Crippen LogP contribution in [0.1, 0.15) is 9.67 Å². The quantitative estimate of drug-likeness (QED) is 0.788. The molecular weight excluding hydrogens is 286 g/mol. The fourth-order valence-corrected chi connectivity index (χ4v) is 3.02. The van der Waals surface area contributed by atoms with E-state index in [0.29, 0.717) is 18.0 Å². The van der Waals surface area contributed by atoms with Gasteiger partial charge in [0.25, 0.3) is 5.91 Å². The minimum absolute atomic E-state index is 0.0460. The van der Waals surface area contributed by atoms with Crippen molar-refractivity contribution in [3.63, 3.8) is 0 Å². The first-order valence-electron chi connectivity index (χ1n) is 6.58. The lowest BCUT2D eigenvalue weighted by Gasteiger charge is -2.03. The predicted octanol–water partition coefficient (Wildman–Crippen LogP) is 2.54. The number of hydrogen-bond donors (Lipinski definition) is 1. The van der Waals surface area contributed by atoms with E-state index in [1.54, 1.807) is 19.6 Å². The number of nitrogens with zero attached hydrogens (tertiary/aromatic N) is 2. The van der Waals surface area contributed by atoms with E-state index in [0.717, 1.165) is 15.8 Å². The Morgan fingerprint density at radius 1 is 1.43 bits per heavy atom. The average Bonchev–Trinajstić information content (AvgIpc) is 3.15. The summed E-state index contributed by atoms with van der Waals surface area (Å²) in [6.07, 6.45) is 5.33. The van der Waals surface area contributed by atoms with Gasteiger partial charge in [0.15, 0.2) is 0 Å². The molecule has 6 heteroatoms. The summed E-state index contributed by atoms with van der Waals surface area (Å²) in [5.41, 5.74) is 0. The minimum atomic E-state index is -0.0460. The van der Waals surface area contributed by atoms with Crippen LogP contribution in [0.2, 0.25) is 0 Å². The van der Waals surface area contributed by atoms with Crippen LogP contribution in [0, 0.1) is 0 Å². The molecule has 3 aromatic rings. The smallest absolute Gasteiger partial charge is 0.261 e. The number of methoxy groups -OCH3 is 1. The fraction of sp³-hybridized carbons (Fsp3) is 0.200. The lowest BCUT2D eigenvalue weighted by molar-refractivity contribution is 0.0956. The molecule has 108 valence electrons. The Hall–Kier alpha value is -2.34. The predicted molar refractivity (Wildman–Crippen MR) is 82.9 cm³/mol. The van der Waals surface area contributed by atoms with E-state index >= 15 is 0 Å². The first-order chi connectivity index (χ1) is 10.3. The number of hydrogen-bond acceptors (Lipinski definition) is 4. The van der Waals surface area contributed by atoms with E-state index < -0.39 is 0 Å². The molecule has 0 unspecified atom stereocenters. The van der Waals surface area contributed by atoms with Crippen LogP contribution < -0.4 is 10.1 Å². The third kappa shape index (κ3) is 3.05. The normalized spacial score (nSPS) is 10.7. The van der Waals surface area contributed by atoms with E-state index in [1.165, 1.54) is 11.3 Å². The van der Waals surface area contributed by atoms with Gasteiger partial charge in [-0.2, -0.15) is 0 Å². The Kier molecular flexibility index (Phi) is 3.87. The fourth-order valence-electron chi connectivity index (χ4n) is 2.06. The number of nitrogens with one attached hydrogen (secondary N) is 1. The van der Waals surface area contributed by atoms with Crippen molar-refractivity contribution in [3.8, 4) is 5.75 Å². The average molecular weight is 301 g/mol. The molecule has 0 bridgehead atoms. The van der Waals surface area contributed by atoms with E-state index in [2.05, 4.69) is 10.3 Å². The summed E-state index contributed by atoms with van der Waals surface area (Å²) in [6.45, 7) is 1.29. The maximum atomic E-state index is 12.1. The van der Waals surface area contributed by atoms with E-state index in [-0.39, 0.29) is 5.91 Å². The van der Waals surface area contributed by atoms with Crippen molar-refractivity contribution in [1.29, 1.82) is 0 Å². The first kappa shape index (κ1) is 13.6. The Labute approximate surface area is 126 Å². The van der Waals surface area contributed by atoms with Gasteiger partial charge >= 0.3 is 0 Å². The maximum absolute atomic E-state index is 12.1. The summed E-state index contributed by atoms with van der Waals surface area (Å²) >= 11 is 1.49. The molecule has 1 N–H and O–H groups in total. The number of aromatic nitrogens is 2. The van der Waals surface area contributed by atoms with Crippen LogP contribution in [-0.2, 0) is 6.54 Å². The number of rotatable bonds is 5. The van der Waals surface area contributed by atoms with E-state index in [1.807, 2.05) is 35.0 Å². The topological polar surface area (TPSA) is 56.1 Å². The van der Waals surface area contributed by atoms with Gasteiger partial charge in [-0.05, 0) is 29.7 Å². The van der Waals surface area contributed by atoms with Crippen LogP contribution in [0.5, 0.6) is 5.75 Å². The number of amides is 1. The van der Waals surface area contributed by atoms with Crippen molar-refractivity contribution < 1.29 is 9.53 Å². The van der Waals surface area contributed by atoms with E-state index in [9.17, 15) is 4.79 Å². The zero-order valence-corrected chi connectivity index (χ0v) is 12.4. The standard InChI is InChI=1S/C15H15N3O2S/c1-20-12-2-3-13-11(8-12)9-14(21-13)15(19)17-5-7-18-6-4-16-10-18/h2-4,6,8-10H,5,7H2,1H3,(H,17,19). The van der Waals surface area contributed by atoms with Crippen molar-refractivity contribution in [2.24, 2.45) is 0 Å². The van der Waals surface area contributed by atoms with Crippen molar-refractivity contribution in [2.45, 2.75) is 6.54 Å². The lowest BCUT2D eigenvalue weighted by atomic mass is 10.2. The summed E-state index contributed by atoms with van der Waals surface area (Å²) in [6, 6.07) is 7.71. The van der Waals surface area contributed by atoms with Gasteiger partial charge in [-0.3, -0.25) is 4.79 Å². The summed E-state index contributed by atoms with van der Waals surface area (Å²) in [7, 11) is 1.64.